The summed E-state index contributed by atoms with van der Waals surface area (Å²) in [6.45, 7) is 0. The van der Waals surface area contributed by atoms with Gasteiger partial charge in [-0.2, -0.15) is 0 Å². The Hall–Kier alpha value is -3.51. The second kappa shape index (κ2) is 7.85. The Bertz CT molecular complexity index is 1150. The number of nitrogens with two attached hydrogens (primary N) is 1. The first kappa shape index (κ1) is 18.8. The van der Waals surface area contributed by atoms with Crippen LogP contribution in [0.25, 0.3) is 22.2 Å². The summed E-state index contributed by atoms with van der Waals surface area (Å²) in [6.07, 6.45) is 2.39. The average Bonchev–Trinajstić information content (AvgIpc) is 3.17. The number of benzene rings is 2. The van der Waals surface area contributed by atoms with E-state index < -0.39 is 0 Å². The van der Waals surface area contributed by atoms with Crippen molar-refractivity contribution in [3.05, 3.63) is 83.7 Å². The Morgan fingerprint density at radius 2 is 1.90 bits per heavy atom. The van der Waals surface area contributed by atoms with E-state index in [4.69, 9.17) is 10.3 Å². The van der Waals surface area contributed by atoms with Crippen molar-refractivity contribution in [2.24, 2.45) is 5.73 Å². The molecule has 6 heteroatoms. The average molecular weight is 386 g/mol. The van der Waals surface area contributed by atoms with Gasteiger partial charge in [-0.15, -0.1) is 0 Å². The van der Waals surface area contributed by atoms with E-state index in [0.717, 1.165) is 27.9 Å². The molecule has 2 aromatic carbocycles. The molecule has 146 valence electrons. The predicted octanol–water partition coefficient (Wildman–Crippen LogP) is 3.83. The van der Waals surface area contributed by atoms with E-state index >= 15 is 0 Å². The van der Waals surface area contributed by atoms with E-state index in [-0.39, 0.29) is 11.9 Å². The number of fused-ring (bicyclic) bond motifs is 1. The highest BCUT2D eigenvalue weighted by atomic mass is 16.5. The third kappa shape index (κ3) is 3.75. The molecule has 1 unspecified atom stereocenters. The van der Waals surface area contributed by atoms with Gasteiger partial charge < -0.3 is 15.2 Å². The van der Waals surface area contributed by atoms with E-state index in [0.29, 0.717) is 17.6 Å². The van der Waals surface area contributed by atoms with Gasteiger partial charge in [0.25, 0.3) is 5.91 Å². The zero-order valence-corrected chi connectivity index (χ0v) is 16.4. The zero-order valence-electron chi connectivity index (χ0n) is 16.4. The molecule has 29 heavy (non-hydrogen) atoms. The van der Waals surface area contributed by atoms with Crippen LogP contribution in [0.2, 0.25) is 0 Å². The Morgan fingerprint density at radius 1 is 1.10 bits per heavy atom. The molecule has 0 saturated carbocycles. The maximum atomic E-state index is 12.2. The highest BCUT2D eigenvalue weighted by molar-refractivity contribution is 6.00. The topological polar surface area (TPSA) is 85.2 Å². The standard InChI is InChI=1S/C23H22N4O2/c1-27(2)23(28)15-10-11-19-21(13-15)29-26-22(19)18-9-4-3-8-17(18)20(24)14-16-7-5-6-12-25-16/h3-13,20H,14,24H2,1-2H3. The monoisotopic (exact) mass is 386 g/mol. The van der Waals surface area contributed by atoms with Crippen LogP contribution in [-0.2, 0) is 6.42 Å². The van der Waals surface area contributed by atoms with Gasteiger partial charge in [-0.3, -0.25) is 9.78 Å². The van der Waals surface area contributed by atoms with Crippen LogP contribution < -0.4 is 5.73 Å². The third-order valence-corrected chi connectivity index (χ3v) is 4.90. The minimum atomic E-state index is -0.234. The molecule has 1 amide bonds. The maximum Gasteiger partial charge on any atom is 0.253 e. The van der Waals surface area contributed by atoms with Crippen molar-refractivity contribution < 1.29 is 9.32 Å². The molecule has 0 radical (unpaired) electrons. The Labute approximate surface area is 168 Å². The molecular formula is C23H22N4O2. The largest absolute Gasteiger partial charge is 0.356 e. The molecule has 0 aliphatic carbocycles. The van der Waals surface area contributed by atoms with E-state index in [2.05, 4.69) is 10.1 Å². The number of carbonyl (C=O) groups excluding carboxylic acids is 1. The molecule has 6 nitrogen and oxygen atoms in total. The number of rotatable bonds is 5. The van der Waals surface area contributed by atoms with Gasteiger partial charge in [-0.1, -0.05) is 35.5 Å². The first-order valence-electron chi connectivity index (χ1n) is 9.40. The lowest BCUT2D eigenvalue weighted by Crippen LogP contribution is -2.21. The molecule has 0 spiro atoms. The van der Waals surface area contributed by atoms with Crippen molar-refractivity contribution in [1.29, 1.82) is 0 Å². The highest BCUT2D eigenvalue weighted by Gasteiger charge is 2.19. The molecule has 2 heterocycles. The lowest BCUT2D eigenvalue weighted by Gasteiger charge is -2.15. The molecule has 0 saturated heterocycles. The van der Waals surface area contributed by atoms with Gasteiger partial charge in [0, 0.05) is 55.0 Å². The molecule has 2 N–H and O–H groups in total. The molecule has 0 aliphatic heterocycles. The van der Waals surface area contributed by atoms with Crippen molar-refractivity contribution in [3.8, 4) is 11.3 Å². The van der Waals surface area contributed by atoms with Crippen LogP contribution >= 0.6 is 0 Å². The lowest BCUT2D eigenvalue weighted by molar-refractivity contribution is 0.0827. The number of aromatic nitrogens is 2. The van der Waals surface area contributed by atoms with Crippen molar-refractivity contribution in [2.75, 3.05) is 14.1 Å². The molecular weight excluding hydrogens is 364 g/mol. The molecule has 2 aromatic heterocycles. The fourth-order valence-electron chi connectivity index (χ4n) is 3.41. The molecule has 0 bridgehead atoms. The Morgan fingerprint density at radius 3 is 2.66 bits per heavy atom. The Balaban J connectivity index is 1.72. The minimum Gasteiger partial charge on any atom is -0.356 e. The maximum absolute atomic E-state index is 12.2. The van der Waals surface area contributed by atoms with Crippen molar-refractivity contribution in [1.82, 2.24) is 15.0 Å². The van der Waals surface area contributed by atoms with Gasteiger partial charge in [0.2, 0.25) is 0 Å². The molecule has 0 aliphatic rings. The smallest absolute Gasteiger partial charge is 0.253 e. The number of amides is 1. The van der Waals surface area contributed by atoms with E-state index in [9.17, 15) is 4.79 Å². The summed E-state index contributed by atoms with van der Waals surface area (Å²) in [4.78, 5) is 18.1. The van der Waals surface area contributed by atoms with Crippen molar-refractivity contribution in [3.63, 3.8) is 0 Å². The van der Waals surface area contributed by atoms with Crippen LogP contribution in [0.1, 0.15) is 27.7 Å². The fourth-order valence-corrected chi connectivity index (χ4v) is 3.41. The zero-order chi connectivity index (χ0) is 20.4. The number of hydrogen-bond acceptors (Lipinski definition) is 5. The van der Waals surface area contributed by atoms with E-state index in [1.807, 2.05) is 48.5 Å². The second-order valence-corrected chi connectivity index (χ2v) is 7.16. The SMILES string of the molecule is CN(C)C(=O)c1ccc2c(-c3ccccc3C(N)Cc3ccccn3)noc2c1. The van der Waals surface area contributed by atoms with Gasteiger partial charge in [0.1, 0.15) is 5.69 Å². The third-order valence-electron chi connectivity index (χ3n) is 4.90. The van der Waals surface area contributed by atoms with Gasteiger partial charge in [-0.05, 0) is 35.9 Å². The summed E-state index contributed by atoms with van der Waals surface area (Å²) >= 11 is 0. The van der Waals surface area contributed by atoms with Gasteiger partial charge in [0.05, 0.1) is 0 Å². The summed E-state index contributed by atoms with van der Waals surface area (Å²) in [5.41, 5.74) is 11.2. The van der Waals surface area contributed by atoms with Gasteiger partial charge in [0.15, 0.2) is 5.58 Å². The first-order valence-corrected chi connectivity index (χ1v) is 9.40. The van der Waals surface area contributed by atoms with Gasteiger partial charge in [-0.25, -0.2) is 0 Å². The number of pyridine rings is 1. The lowest BCUT2D eigenvalue weighted by atomic mass is 9.94. The van der Waals surface area contributed by atoms with Crippen LogP contribution in [0.5, 0.6) is 0 Å². The Kier molecular flexibility index (Phi) is 5.10. The van der Waals surface area contributed by atoms with E-state index in [1.54, 1.807) is 32.4 Å². The molecule has 4 rings (SSSR count). The highest BCUT2D eigenvalue weighted by Crippen LogP contribution is 2.33. The number of hydrogen-bond donors (Lipinski definition) is 1. The van der Waals surface area contributed by atoms with Crippen LogP contribution in [-0.4, -0.2) is 35.0 Å². The molecule has 1 atom stereocenters. The van der Waals surface area contributed by atoms with E-state index in [1.165, 1.54) is 4.90 Å². The number of carbonyl (C=O) groups is 1. The summed E-state index contributed by atoms with van der Waals surface area (Å²) in [7, 11) is 3.44. The normalized spacial score (nSPS) is 12.1. The number of nitrogens with zero attached hydrogens (tertiary/aromatic N) is 3. The van der Waals surface area contributed by atoms with Gasteiger partial charge >= 0.3 is 0 Å². The summed E-state index contributed by atoms with van der Waals surface area (Å²) in [5.74, 6) is -0.0809. The molecule has 0 fully saturated rings. The minimum absolute atomic E-state index is 0.0809. The summed E-state index contributed by atoms with van der Waals surface area (Å²) < 4.78 is 5.55. The van der Waals surface area contributed by atoms with Crippen LogP contribution in [0.4, 0.5) is 0 Å². The quantitative estimate of drug-likeness (QED) is 0.563. The van der Waals surface area contributed by atoms with Crippen LogP contribution in [0, 0.1) is 0 Å². The predicted molar refractivity (Wildman–Crippen MR) is 112 cm³/mol. The second-order valence-electron chi connectivity index (χ2n) is 7.16. The van der Waals surface area contributed by atoms with Crippen molar-refractivity contribution in [2.45, 2.75) is 12.5 Å². The van der Waals surface area contributed by atoms with Crippen LogP contribution in [0.15, 0.2) is 71.4 Å². The summed E-state index contributed by atoms with van der Waals surface area (Å²) in [5, 5.41) is 5.14. The fraction of sp³-hybridized carbons (Fsp3) is 0.174. The summed E-state index contributed by atoms with van der Waals surface area (Å²) in [6, 6.07) is 18.9. The molecule has 4 aromatic rings. The first-order chi connectivity index (χ1) is 14.0. The van der Waals surface area contributed by atoms with Crippen molar-refractivity contribution >= 4 is 16.9 Å². The van der Waals surface area contributed by atoms with Crippen LogP contribution in [0.3, 0.4) is 0 Å².